The molecule has 17 heavy (non-hydrogen) atoms. The van der Waals surface area contributed by atoms with Gasteiger partial charge < -0.3 is 0 Å². The number of nitrogens with one attached hydrogen (secondary N) is 1. The highest BCUT2D eigenvalue weighted by atomic mass is 35.5. The third-order valence-corrected chi connectivity index (χ3v) is 2.99. The van der Waals surface area contributed by atoms with Gasteiger partial charge in [0.25, 0.3) is 0 Å². The van der Waals surface area contributed by atoms with Gasteiger partial charge in [-0.2, -0.15) is 0 Å². The second kappa shape index (κ2) is 5.27. The Balaban J connectivity index is 2.46. The van der Waals surface area contributed by atoms with Gasteiger partial charge in [0.15, 0.2) is 0 Å². The van der Waals surface area contributed by atoms with Crippen molar-refractivity contribution in [2.24, 2.45) is 5.84 Å². The second-order valence-corrected chi connectivity index (χ2v) is 4.03. The molecular weight excluding hydrogens is 239 g/mol. The van der Waals surface area contributed by atoms with E-state index in [1.54, 1.807) is 12.1 Å². The van der Waals surface area contributed by atoms with Crippen LogP contribution in [-0.4, -0.2) is 0 Å². The molecule has 2 aromatic carbocycles. The minimum Gasteiger partial charge on any atom is -0.271 e. The first-order valence-electron chi connectivity index (χ1n) is 5.19. The van der Waals surface area contributed by atoms with Crippen molar-refractivity contribution in [3.63, 3.8) is 0 Å². The van der Waals surface area contributed by atoms with Crippen LogP contribution in [0.5, 0.6) is 0 Å². The zero-order valence-electron chi connectivity index (χ0n) is 9.03. The summed E-state index contributed by atoms with van der Waals surface area (Å²) >= 11 is 5.95. The van der Waals surface area contributed by atoms with Crippen LogP contribution in [0.2, 0.25) is 5.02 Å². The summed E-state index contributed by atoms with van der Waals surface area (Å²) < 4.78 is 13.4. The van der Waals surface area contributed by atoms with Crippen LogP contribution in [0.4, 0.5) is 4.39 Å². The van der Waals surface area contributed by atoms with Gasteiger partial charge in [-0.1, -0.05) is 54.1 Å². The van der Waals surface area contributed by atoms with Gasteiger partial charge >= 0.3 is 0 Å². The number of halogens is 2. The van der Waals surface area contributed by atoms with Crippen molar-refractivity contribution in [1.29, 1.82) is 0 Å². The molecule has 0 radical (unpaired) electrons. The van der Waals surface area contributed by atoms with Crippen molar-refractivity contribution in [2.75, 3.05) is 0 Å². The van der Waals surface area contributed by atoms with Crippen molar-refractivity contribution < 1.29 is 4.39 Å². The zero-order valence-corrected chi connectivity index (χ0v) is 9.79. The van der Waals surface area contributed by atoms with Gasteiger partial charge in [0.1, 0.15) is 5.82 Å². The molecule has 0 aliphatic heterocycles. The van der Waals surface area contributed by atoms with E-state index in [1.807, 2.05) is 30.3 Å². The van der Waals surface area contributed by atoms with Crippen LogP contribution in [0, 0.1) is 5.82 Å². The lowest BCUT2D eigenvalue weighted by atomic mass is 9.99. The maximum atomic E-state index is 13.4. The molecule has 1 atom stereocenters. The van der Waals surface area contributed by atoms with Crippen molar-refractivity contribution >= 4 is 11.6 Å². The van der Waals surface area contributed by atoms with Gasteiger partial charge in [0.2, 0.25) is 0 Å². The number of hydrogen-bond acceptors (Lipinski definition) is 2. The highest BCUT2D eigenvalue weighted by Gasteiger charge is 2.17. The monoisotopic (exact) mass is 250 g/mol. The van der Waals surface area contributed by atoms with Crippen LogP contribution in [0.25, 0.3) is 0 Å². The van der Waals surface area contributed by atoms with Crippen molar-refractivity contribution in [3.05, 3.63) is 70.5 Å². The van der Waals surface area contributed by atoms with E-state index in [4.69, 9.17) is 17.4 Å². The van der Waals surface area contributed by atoms with Gasteiger partial charge in [-0.05, 0) is 17.2 Å². The number of hydrogen-bond donors (Lipinski definition) is 2. The van der Waals surface area contributed by atoms with Gasteiger partial charge in [-0.15, -0.1) is 0 Å². The fourth-order valence-electron chi connectivity index (χ4n) is 1.75. The highest BCUT2D eigenvalue weighted by molar-refractivity contribution is 6.31. The van der Waals surface area contributed by atoms with E-state index < -0.39 is 5.82 Å². The number of benzene rings is 2. The fraction of sp³-hybridized carbons (Fsp3) is 0.0769. The van der Waals surface area contributed by atoms with Gasteiger partial charge in [0, 0.05) is 0 Å². The van der Waals surface area contributed by atoms with E-state index in [-0.39, 0.29) is 11.1 Å². The Morgan fingerprint density at radius 1 is 1.06 bits per heavy atom. The molecule has 0 aliphatic rings. The molecule has 0 spiro atoms. The molecule has 88 valence electrons. The molecule has 0 saturated carbocycles. The molecule has 2 rings (SSSR count). The maximum Gasteiger partial charge on any atom is 0.142 e. The van der Waals surface area contributed by atoms with Crippen molar-refractivity contribution in [3.8, 4) is 0 Å². The lowest BCUT2D eigenvalue weighted by Crippen LogP contribution is -2.29. The third kappa shape index (κ3) is 2.47. The first-order chi connectivity index (χ1) is 8.24. The summed E-state index contributed by atoms with van der Waals surface area (Å²) in [4.78, 5) is 0. The molecule has 0 fully saturated rings. The zero-order chi connectivity index (χ0) is 12.3. The average molecular weight is 251 g/mol. The Hall–Kier alpha value is -1.42. The topological polar surface area (TPSA) is 38.0 Å². The lowest BCUT2D eigenvalue weighted by molar-refractivity contribution is 0.606. The lowest BCUT2D eigenvalue weighted by Gasteiger charge is -2.18. The summed E-state index contributed by atoms with van der Waals surface area (Å²) in [6, 6.07) is 13.9. The average Bonchev–Trinajstić information content (AvgIpc) is 2.37. The molecule has 0 aromatic heterocycles. The predicted molar refractivity (Wildman–Crippen MR) is 67.0 cm³/mol. The Morgan fingerprint density at radius 3 is 2.41 bits per heavy atom. The van der Waals surface area contributed by atoms with E-state index >= 15 is 0 Å². The van der Waals surface area contributed by atoms with Gasteiger partial charge in [-0.3, -0.25) is 5.84 Å². The van der Waals surface area contributed by atoms with Crippen LogP contribution in [0.1, 0.15) is 17.2 Å². The van der Waals surface area contributed by atoms with E-state index in [0.29, 0.717) is 5.56 Å². The molecule has 3 N–H and O–H groups in total. The molecule has 0 aliphatic carbocycles. The molecule has 0 saturated heterocycles. The Morgan fingerprint density at radius 2 is 1.76 bits per heavy atom. The Kier molecular flexibility index (Phi) is 3.74. The summed E-state index contributed by atoms with van der Waals surface area (Å²) in [5, 5.41) is 0.0966. The summed E-state index contributed by atoms with van der Waals surface area (Å²) in [6.07, 6.45) is 0. The third-order valence-electron chi connectivity index (χ3n) is 2.59. The summed E-state index contributed by atoms with van der Waals surface area (Å²) in [7, 11) is 0. The van der Waals surface area contributed by atoms with Crippen LogP contribution >= 0.6 is 11.6 Å². The predicted octanol–water partition coefficient (Wildman–Crippen LogP) is 3.03. The molecular formula is C13H12ClFN2. The summed E-state index contributed by atoms with van der Waals surface area (Å²) in [5.41, 5.74) is 4.21. The standard InChI is InChI=1S/C13H12ClFN2/c14-12-10(7-4-8-11(12)15)13(17-16)9-5-2-1-3-6-9/h1-8,13,17H,16H2. The minimum absolute atomic E-state index is 0.0966. The summed E-state index contributed by atoms with van der Waals surface area (Å²) in [5.74, 6) is 5.08. The van der Waals surface area contributed by atoms with E-state index in [2.05, 4.69) is 5.43 Å². The van der Waals surface area contributed by atoms with Gasteiger partial charge in [0.05, 0.1) is 11.1 Å². The van der Waals surface area contributed by atoms with Crippen LogP contribution in [-0.2, 0) is 0 Å². The number of nitrogens with two attached hydrogens (primary N) is 1. The van der Waals surface area contributed by atoms with Crippen LogP contribution in [0.3, 0.4) is 0 Å². The van der Waals surface area contributed by atoms with Crippen molar-refractivity contribution in [2.45, 2.75) is 6.04 Å². The quantitative estimate of drug-likeness (QED) is 0.649. The largest absolute Gasteiger partial charge is 0.271 e. The summed E-state index contributed by atoms with van der Waals surface area (Å²) in [6.45, 7) is 0. The van der Waals surface area contributed by atoms with E-state index in [9.17, 15) is 4.39 Å². The second-order valence-electron chi connectivity index (χ2n) is 3.65. The molecule has 0 heterocycles. The van der Waals surface area contributed by atoms with E-state index in [0.717, 1.165) is 5.56 Å². The normalized spacial score (nSPS) is 12.4. The molecule has 4 heteroatoms. The SMILES string of the molecule is NNC(c1ccccc1)c1cccc(F)c1Cl. The molecule has 2 aromatic rings. The first-order valence-corrected chi connectivity index (χ1v) is 5.57. The van der Waals surface area contributed by atoms with Crippen LogP contribution < -0.4 is 11.3 Å². The smallest absolute Gasteiger partial charge is 0.142 e. The molecule has 0 amide bonds. The van der Waals surface area contributed by atoms with Crippen LogP contribution in [0.15, 0.2) is 48.5 Å². The first kappa shape index (κ1) is 12.0. The molecule has 1 unspecified atom stereocenters. The minimum atomic E-state index is -0.444. The maximum absolute atomic E-state index is 13.4. The number of rotatable bonds is 3. The van der Waals surface area contributed by atoms with Crippen molar-refractivity contribution in [1.82, 2.24) is 5.43 Å². The molecule has 2 nitrogen and oxygen atoms in total. The highest BCUT2D eigenvalue weighted by Crippen LogP contribution is 2.29. The number of hydrazine groups is 1. The van der Waals surface area contributed by atoms with Gasteiger partial charge in [-0.25, -0.2) is 9.82 Å². The fourth-order valence-corrected chi connectivity index (χ4v) is 1.99. The Bertz CT molecular complexity index is 502. The molecule has 0 bridgehead atoms. The Labute approximate surface area is 104 Å². The van der Waals surface area contributed by atoms with E-state index in [1.165, 1.54) is 6.07 Å².